The van der Waals surface area contributed by atoms with Crippen molar-refractivity contribution < 1.29 is 22.0 Å². The molecule has 1 aromatic heterocycles. The highest BCUT2D eigenvalue weighted by molar-refractivity contribution is 7.88. The fourth-order valence-corrected chi connectivity index (χ4v) is 5.02. The monoisotopic (exact) mass is 417 g/mol. The molecule has 0 spiro atoms. The van der Waals surface area contributed by atoms with Crippen molar-refractivity contribution in [2.75, 3.05) is 26.8 Å². The van der Waals surface area contributed by atoms with Crippen LogP contribution in [0.3, 0.4) is 0 Å². The van der Waals surface area contributed by atoms with Gasteiger partial charge in [-0.2, -0.15) is 0 Å². The normalized spacial score (nSPS) is 13.0. The van der Waals surface area contributed by atoms with E-state index in [1.807, 2.05) is 25.1 Å². The number of fused-ring (bicyclic) bond motifs is 1. The number of rotatable bonds is 10. The minimum Gasteiger partial charge on any atom is -0.331 e. The molecule has 2 N–H and O–H groups in total. The van der Waals surface area contributed by atoms with E-state index < -0.39 is 17.8 Å². The molecule has 0 radical (unpaired) electrons. The number of hydrogen-bond donors (Lipinski definition) is 1. The minimum atomic E-state index is -3.67. The zero-order chi connectivity index (χ0) is 20.2. The molecule has 0 atom stereocenters. The molecule has 8 nitrogen and oxygen atoms in total. The van der Waals surface area contributed by atoms with Crippen molar-refractivity contribution in [3.63, 3.8) is 0 Å². The Morgan fingerprint density at radius 1 is 1.22 bits per heavy atom. The summed E-state index contributed by atoms with van der Waals surface area (Å²) >= 11 is 0. The predicted molar refractivity (Wildman–Crippen MR) is 107 cm³/mol. The lowest BCUT2D eigenvalue weighted by atomic mass is 10.1. The molecule has 0 saturated heterocycles. The maximum absolute atomic E-state index is 12.8. The first-order chi connectivity index (χ1) is 12.6. The van der Waals surface area contributed by atoms with Crippen molar-refractivity contribution in [3.8, 4) is 0 Å². The van der Waals surface area contributed by atoms with Gasteiger partial charge in [-0.05, 0) is 51.9 Å². The van der Waals surface area contributed by atoms with Crippen LogP contribution in [0.2, 0.25) is 0 Å². The Labute approximate surface area is 160 Å². The summed E-state index contributed by atoms with van der Waals surface area (Å²) in [6.07, 6.45) is 2.34. The van der Waals surface area contributed by atoms with Gasteiger partial charge in [0.15, 0.2) is 0 Å². The number of nitrogens with two attached hydrogens (primary N) is 1. The van der Waals surface area contributed by atoms with E-state index in [0.29, 0.717) is 13.0 Å². The first kappa shape index (κ1) is 22.1. The third-order valence-corrected chi connectivity index (χ3v) is 6.99. The summed E-state index contributed by atoms with van der Waals surface area (Å²) in [5.74, 6) is -0.293. The first-order valence-corrected chi connectivity index (χ1v) is 12.0. The summed E-state index contributed by atoms with van der Waals surface area (Å²) < 4.78 is 49.8. The van der Waals surface area contributed by atoms with Gasteiger partial charge in [0, 0.05) is 23.6 Å². The molecular formula is C17H28N3O5PS. The molecular weight excluding hydrogens is 389 g/mol. The van der Waals surface area contributed by atoms with Crippen LogP contribution < -0.4 is 5.14 Å². The van der Waals surface area contributed by atoms with Crippen molar-refractivity contribution in [2.24, 2.45) is 5.14 Å². The standard InChI is InChI=1S/C17H28N3O5PS/c1-5-24-26(21,25-6-2)19(4)10-9-15-12-20(13-27(18,22)23)17-8-7-14(3)11-16(15)17/h7-8,11-12H,5-6,9-10,13H2,1-4H3,(H2,18,22,23). The van der Waals surface area contributed by atoms with Crippen LogP contribution in [0.5, 0.6) is 0 Å². The molecule has 0 aliphatic rings. The van der Waals surface area contributed by atoms with E-state index in [1.165, 1.54) is 0 Å². The summed E-state index contributed by atoms with van der Waals surface area (Å²) in [5.41, 5.74) is 2.81. The van der Waals surface area contributed by atoms with Crippen molar-refractivity contribution in [3.05, 3.63) is 35.5 Å². The molecule has 0 fully saturated rings. The van der Waals surface area contributed by atoms with E-state index >= 15 is 0 Å². The molecule has 0 bridgehead atoms. The smallest absolute Gasteiger partial charge is 0.331 e. The van der Waals surface area contributed by atoms with Crippen LogP contribution in [-0.4, -0.2) is 44.5 Å². The number of sulfonamides is 1. The minimum absolute atomic E-state index is 0.286. The fourth-order valence-electron chi connectivity index (χ4n) is 2.95. The number of aromatic nitrogens is 1. The summed E-state index contributed by atoms with van der Waals surface area (Å²) in [6.45, 7) is 6.51. The van der Waals surface area contributed by atoms with Crippen molar-refractivity contribution in [1.29, 1.82) is 0 Å². The highest BCUT2D eigenvalue weighted by Gasteiger charge is 2.29. The Bertz CT molecular complexity index is 931. The maximum Gasteiger partial charge on any atom is 0.407 e. The van der Waals surface area contributed by atoms with Crippen LogP contribution in [-0.2, 0) is 35.9 Å². The van der Waals surface area contributed by atoms with E-state index in [9.17, 15) is 13.0 Å². The highest BCUT2D eigenvalue weighted by atomic mass is 32.2. The molecule has 0 amide bonds. The van der Waals surface area contributed by atoms with E-state index in [0.717, 1.165) is 22.0 Å². The van der Waals surface area contributed by atoms with Crippen LogP contribution in [0, 0.1) is 6.92 Å². The zero-order valence-corrected chi connectivity index (χ0v) is 17.9. The van der Waals surface area contributed by atoms with E-state index in [-0.39, 0.29) is 19.1 Å². The van der Waals surface area contributed by atoms with Gasteiger partial charge < -0.3 is 4.57 Å². The van der Waals surface area contributed by atoms with Gasteiger partial charge in [0.2, 0.25) is 10.0 Å². The Morgan fingerprint density at radius 3 is 2.41 bits per heavy atom. The molecule has 1 aromatic carbocycles. The SMILES string of the molecule is CCOP(=O)(OCC)N(C)CCc1cn(CS(N)(=O)=O)c2ccc(C)cc12. The summed E-state index contributed by atoms with van der Waals surface area (Å²) in [5, 5.41) is 6.17. The molecule has 1 heterocycles. The number of hydrogen-bond acceptors (Lipinski definition) is 5. The van der Waals surface area contributed by atoms with Gasteiger partial charge in [-0.1, -0.05) is 11.6 Å². The van der Waals surface area contributed by atoms with Crippen LogP contribution in [0.4, 0.5) is 0 Å². The molecule has 0 aliphatic heterocycles. The lowest BCUT2D eigenvalue weighted by Gasteiger charge is -2.26. The lowest BCUT2D eigenvalue weighted by molar-refractivity contribution is 0.177. The Balaban J connectivity index is 2.30. The summed E-state index contributed by atoms with van der Waals surface area (Å²) in [7, 11) is -5.30. The number of benzene rings is 1. The number of likely N-dealkylation sites (N-methyl/N-ethyl adjacent to an activating group) is 1. The maximum atomic E-state index is 12.8. The third-order valence-electron chi connectivity index (χ3n) is 4.15. The van der Waals surface area contributed by atoms with Gasteiger partial charge >= 0.3 is 7.75 Å². The second-order valence-electron chi connectivity index (χ2n) is 6.37. The van der Waals surface area contributed by atoms with Crippen LogP contribution in [0.1, 0.15) is 25.0 Å². The Hall–Kier alpha value is -1.22. The van der Waals surface area contributed by atoms with Gasteiger partial charge in [-0.25, -0.2) is 22.8 Å². The van der Waals surface area contributed by atoms with Crippen LogP contribution in [0.15, 0.2) is 24.4 Å². The average Bonchev–Trinajstić information content (AvgIpc) is 2.88. The van der Waals surface area contributed by atoms with Crippen molar-refractivity contribution in [2.45, 2.75) is 33.1 Å². The second-order valence-corrected chi connectivity index (χ2v) is 10.1. The summed E-state index contributed by atoms with van der Waals surface area (Å²) in [6, 6.07) is 5.82. The lowest BCUT2D eigenvalue weighted by Crippen LogP contribution is -2.21. The average molecular weight is 417 g/mol. The van der Waals surface area contributed by atoms with Crippen molar-refractivity contribution >= 4 is 28.7 Å². The van der Waals surface area contributed by atoms with Crippen LogP contribution in [0.25, 0.3) is 10.9 Å². The molecule has 10 heteroatoms. The molecule has 152 valence electrons. The largest absolute Gasteiger partial charge is 0.407 e. The van der Waals surface area contributed by atoms with Gasteiger partial charge in [0.25, 0.3) is 0 Å². The first-order valence-electron chi connectivity index (χ1n) is 8.79. The number of primary sulfonamides is 1. The second kappa shape index (κ2) is 8.86. The van der Waals surface area contributed by atoms with Gasteiger partial charge in [-0.3, -0.25) is 9.05 Å². The van der Waals surface area contributed by atoms with E-state index in [4.69, 9.17) is 14.2 Å². The molecule has 27 heavy (non-hydrogen) atoms. The zero-order valence-electron chi connectivity index (χ0n) is 16.2. The number of aryl methyl sites for hydroxylation is 1. The summed E-state index contributed by atoms with van der Waals surface area (Å²) in [4.78, 5) is 0. The fraction of sp³-hybridized carbons (Fsp3) is 0.529. The highest BCUT2D eigenvalue weighted by Crippen LogP contribution is 2.50. The molecule has 0 aliphatic carbocycles. The molecule has 0 unspecified atom stereocenters. The predicted octanol–water partition coefficient (Wildman–Crippen LogP) is 2.85. The molecule has 0 saturated carbocycles. The van der Waals surface area contributed by atoms with Crippen molar-refractivity contribution in [1.82, 2.24) is 9.24 Å². The number of nitrogens with zero attached hydrogens (tertiary/aromatic N) is 2. The molecule has 2 aromatic rings. The van der Waals surface area contributed by atoms with Gasteiger partial charge in [0.05, 0.1) is 13.2 Å². The third kappa shape index (κ3) is 5.63. The van der Waals surface area contributed by atoms with Gasteiger partial charge in [-0.15, -0.1) is 0 Å². The topological polar surface area (TPSA) is 104 Å². The van der Waals surface area contributed by atoms with Crippen LogP contribution >= 0.6 is 7.75 Å². The van der Waals surface area contributed by atoms with E-state index in [2.05, 4.69) is 0 Å². The quantitative estimate of drug-likeness (QED) is 0.596. The van der Waals surface area contributed by atoms with Gasteiger partial charge in [0.1, 0.15) is 5.88 Å². The Kier molecular flexibility index (Phi) is 7.24. The van der Waals surface area contributed by atoms with E-state index in [1.54, 1.807) is 36.3 Å². The molecule has 2 rings (SSSR count). The Morgan fingerprint density at radius 2 is 1.85 bits per heavy atom.